The first kappa shape index (κ1) is 18.9. The van der Waals surface area contributed by atoms with Crippen molar-refractivity contribution in [2.45, 2.75) is 54.4 Å². The molecule has 0 unspecified atom stereocenters. The van der Waals surface area contributed by atoms with Crippen molar-refractivity contribution < 1.29 is 9.47 Å². The molecule has 3 nitrogen and oxygen atoms in total. The summed E-state index contributed by atoms with van der Waals surface area (Å²) in [5.41, 5.74) is 0.630. The summed E-state index contributed by atoms with van der Waals surface area (Å²) in [6.45, 7) is 18.7. The SMILES string of the molecule is CC(C)(C)CNCCCOCCCOCC(C)(C)C. The van der Waals surface area contributed by atoms with Crippen molar-refractivity contribution in [2.75, 3.05) is 39.5 Å². The van der Waals surface area contributed by atoms with Crippen LogP contribution in [0.5, 0.6) is 0 Å². The minimum atomic E-state index is 0.263. The number of hydrogen-bond acceptors (Lipinski definition) is 3. The first-order chi connectivity index (χ1) is 8.71. The van der Waals surface area contributed by atoms with Crippen molar-refractivity contribution in [1.29, 1.82) is 0 Å². The Hall–Kier alpha value is -0.120. The monoisotopic (exact) mass is 273 g/mol. The highest BCUT2D eigenvalue weighted by molar-refractivity contribution is 4.64. The highest BCUT2D eigenvalue weighted by atomic mass is 16.5. The van der Waals surface area contributed by atoms with Gasteiger partial charge in [0, 0.05) is 19.8 Å². The Kier molecular flexibility index (Phi) is 9.67. The van der Waals surface area contributed by atoms with Crippen LogP contribution in [0.15, 0.2) is 0 Å². The fourth-order valence-corrected chi connectivity index (χ4v) is 1.51. The van der Waals surface area contributed by atoms with Crippen LogP contribution in [0, 0.1) is 10.8 Å². The molecule has 0 aromatic carbocycles. The van der Waals surface area contributed by atoms with Crippen LogP contribution in [0.25, 0.3) is 0 Å². The van der Waals surface area contributed by atoms with Crippen LogP contribution in [0.1, 0.15) is 54.4 Å². The van der Waals surface area contributed by atoms with E-state index in [4.69, 9.17) is 9.47 Å². The zero-order valence-electron chi connectivity index (χ0n) is 14.0. The number of rotatable bonds is 10. The van der Waals surface area contributed by atoms with Gasteiger partial charge in [-0.2, -0.15) is 0 Å². The Morgan fingerprint density at radius 2 is 1.32 bits per heavy atom. The van der Waals surface area contributed by atoms with Gasteiger partial charge in [0.05, 0.1) is 6.61 Å². The van der Waals surface area contributed by atoms with Gasteiger partial charge in [-0.3, -0.25) is 0 Å². The largest absolute Gasteiger partial charge is 0.381 e. The molecule has 0 heterocycles. The normalized spacial score (nSPS) is 12.9. The fourth-order valence-electron chi connectivity index (χ4n) is 1.51. The summed E-state index contributed by atoms with van der Waals surface area (Å²) in [6.07, 6.45) is 2.07. The molecule has 0 saturated heterocycles. The molecule has 0 rings (SSSR count). The summed E-state index contributed by atoms with van der Waals surface area (Å²) in [5, 5.41) is 3.45. The lowest BCUT2D eigenvalue weighted by molar-refractivity contribution is 0.0480. The second kappa shape index (κ2) is 9.73. The molecule has 0 spiro atoms. The average Bonchev–Trinajstić information content (AvgIpc) is 2.22. The number of ether oxygens (including phenoxy) is 2. The van der Waals surface area contributed by atoms with Crippen LogP contribution in [0.3, 0.4) is 0 Å². The molecule has 0 aliphatic rings. The predicted molar refractivity (Wildman–Crippen MR) is 82.7 cm³/mol. The van der Waals surface area contributed by atoms with Gasteiger partial charge >= 0.3 is 0 Å². The molecule has 0 radical (unpaired) electrons. The molecule has 0 aliphatic carbocycles. The van der Waals surface area contributed by atoms with E-state index in [0.717, 1.165) is 52.4 Å². The van der Waals surface area contributed by atoms with Crippen molar-refractivity contribution >= 4 is 0 Å². The van der Waals surface area contributed by atoms with E-state index < -0.39 is 0 Å². The molecular weight excluding hydrogens is 238 g/mol. The van der Waals surface area contributed by atoms with E-state index in [2.05, 4.69) is 46.9 Å². The van der Waals surface area contributed by atoms with Gasteiger partial charge < -0.3 is 14.8 Å². The molecule has 0 fully saturated rings. The van der Waals surface area contributed by atoms with Crippen LogP contribution in [0.4, 0.5) is 0 Å². The summed E-state index contributed by atoms with van der Waals surface area (Å²) >= 11 is 0. The zero-order chi connectivity index (χ0) is 14.8. The molecule has 0 amide bonds. The Labute approximate surface area is 120 Å². The maximum absolute atomic E-state index is 5.59. The van der Waals surface area contributed by atoms with Crippen LogP contribution in [-0.2, 0) is 9.47 Å². The molecule has 0 saturated carbocycles. The Morgan fingerprint density at radius 3 is 1.89 bits per heavy atom. The Bertz CT molecular complexity index is 182. The molecule has 0 bridgehead atoms. The zero-order valence-corrected chi connectivity index (χ0v) is 14.0. The van der Waals surface area contributed by atoms with E-state index in [1.807, 2.05) is 0 Å². The molecule has 1 N–H and O–H groups in total. The van der Waals surface area contributed by atoms with Crippen LogP contribution in [-0.4, -0.2) is 39.5 Å². The molecule has 0 atom stereocenters. The van der Waals surface area contributed by atoms with Crippen LogP contribution >= 0.6 is 0 Å². The van der Waals surface area contributed by atoms with Crippen molar-refractivity contribution in [3.63, 3.8) is 0 Å². The summed E-state index contributed by atoms with van der Waals surface area (Å²) in [4.78, 5) is 0. The van der Waals surface area contributed by atoms with E-state index in [1.54, 1.807) is 0 Å². The molecule has 3 heteroatoms. The number of hydrogen-bond donors (Lipinski definition) is 1. The van der Waals surface area contributed by atoms with Gasteiger partial charge in [-0.25, -0.2) is 0 Å². The molecular formula is C16H35NO2. The van der Waals surface area contributed by atoms with E-state index in [9.17, 15) is 0 Å². The highest BCUT2D eigenvalue weighted by Gasteiger charge is 2.09. The van der Waals surface area contributed by atoms with Crippen molar-refractivity contribution in [2.24, 2.45) is 10.8 Å². The number of nitrogens with one attached hydrogen (secondary N) is 1. The predicted octanol–water partition coefficient (Wildman–Crippen LogP) is 3.48. The van der Waals surface area contributed by atoms with Gasteiger partial charge in [-0.05, 0) is 36.8 Å². The second-order valence-corrected chi connectivity index (χ2v) is 7.67. The minimum Gasteiger partial charge on any atom is -0.381 e. The van der Waals surface area contributed by atoms with Crippen molar-refractivity contribution in [1.82, 2.24) is 5.32 Å². The van der Waals surface area contributed by atoms with Gasteiger partial charge in [0.25, 0.3) is 0 Å². The summed E-state index contributed by atoms with van der Waals surface area (Å²) < 4.78 is 11.2. The smallest absolute Gasteiger partial charge is 0.0514 e. The third kappa shape index (κ3) is 17.9. The average molecular weight is 273 g/mol. The lowest BCUT2D eigenvalue weighted by Crippen LogP contribution is -2.28. The van der Waals surface area contributed by atoms with Crippen molar-refractivity contribution in [3.05, 3.63) is 0 Å². The highest BCUT2D eigenvalue weighted by Crippen LogP contribution is 2.12. The van der Waals surface area contributed by atoms with Gasteiger partial charge in [-0.1, -0.05) is 41.5 Å². The van der Waals surface area contributed by atoms with Gasteiger partial charge in [0.2, 0.25) is 0 Å². The van der Waals surface area contributed by atoms with Crippen LogP contribution in [0.2, 0.25) is 0 Å². The lowest BCUT2D eigenvalue weighted by Gasteiger charge is -2.18. The fraction of sp³-hybridized carbons (Fsp3) is 1.00. The summed E-state index contributed by atoms with van der Waals surface area (Å²) in [7, 11) is 0. The Morgan fingerprint density at radius 1 is 0.737 bits per heavy atom. The molecule has 0 aromatic rings. The third-order valence-electron chi connectivity index (χ3n) is 2.41. The quantitative estimate of drug-likeness (QED) is 0.618. The van der Waals surface area contributed by atoms with E-state index in [-0.39, 0.29) is 5.41 Å². The standard InChI is InChI=1S/C16H35NO2/c1-15(2,3)13-17-9-7-10-18-11-8-12-19-14-16(4,5)6/h17H,7-14H2,1-6H3. The van der Waals surface area contributed by atoms with E-state index in [0.29, 0.717) is 5.41 Å². The first-order valence-electron chi connectivity index (χ1n) is 7.57. The summed E-state index contributed by atoms with van der Waals surface area (Å²) in [6, 6.07) is 0. The maximum atomic E-state index is 5.59. The second-order valence-electron chi connectivity index (χ2n) is 7.67. The van der Waals surface area contributed by atoms with Crippen LogP contribution < -0.4 is 5.32 Å². The first-order valence-corrected chi connectivity index (χ1v) is 7.57. The summed E-state index contributed by atoms with van der Waals surface area (Å²) in [5.74, 6) is 0. The lowest BCUT2D eigenvalue weighted by atomic mass is 9.97. The maximum Gasteiger partial charge on any atom is 0.0514 e. The van der Waals surface area contributed by atoms with Gasteiger partial charge in [0.15, 0.2) is 0 Å². The molecule has 19 heavy (non-hydrogen) atoms. The van der Waals surface area contributed by atoms with E-state index in [1.165, 1.54) is 0 Å². The Balaban J connectivity index is 3.12. The van der Waals surface area contributed by atoms with Gasteiger partial charge in [0.1, 0.15) is 0 Å². The third-order valence-corrected chi connectivity index (χ3v) is 2.41. The van der Waals surface area contributed by atoms with E-state index >= 15 is 0 Å². The minimum absolute atomic E-state index is 0.263. The molecule has 0 aliphatic heterocycles. The van der Waals surface area contributed by atoms with Gasteiger partial charge in [-0.15, -0.1) is 0 Å². The topological polar surface area (TPSA) is 30.5 Å². The van der Waals surface area contributed by atoms with Crippen molar-refractivity contribution in [3.8, 4) is 0 Å². The molecule has 0 aromatic heterocycles. The molecule has 116 valence electrons.